The number of pyridine rings is 1. The third-order valence-corrected chi connectivity index (χ3v) is 5.94. The van der Waals surface area contributed by atoms with Crippen molar-refractivity contribution >= 4 is 11.7 Å². The molecule has 1 saturated heterocycles. The Labute approximate surface area is 164 Å². The first-order valence-corrected chi connectivity index (χ1v) is 9.80. The predicted molar refractivity (Wildman–Crippen MR) is 108 cm³/mol. The molecular weight excluding hydrogens is 350 g/mol. The lowest BCUT2D eigenvalue weighted by molar-refractivity contribution is -0.122. The molecule has 1 atom stereocenters. The number of nitrogens with zero attached hydrogens (tertiary/aromatic N) is 4. The monoisotopic (exact) mass is 373 g/mol. The Bertz CT molecular complexity index is 1010. The number of hydrogen-bond donors (Lipinski definition) is 1. The lowest BCUT2D eigenvalue weighted by Crippen LogP contribution is -2.44. The van der Waals surface area contributed by atoms with Gasteiger partial charge in [-0.1, -0.05) is 24.3 Å². The van der Waals surface area contributed by atoms with E-state index in [-0.39, 0.29) is 11.9 Å². The number of carbonyl (C=O) groups is 1. The van der Waals surface area contributed by atoms with Crippen LogP contribution in [0.25, 0.3) is 11.1 Å². The Morgan fingerprint density at radius 3 is 2.75 bits per heavy atom. The fourth-order valence-electron chi connectivity index (χ4n) is 4.42. The first kappa shape index (κ1) is 17.1. The van der Waals surface area contributed by atoms with Crippen molar-refractivity contribution in [1.29, 1.82) is 0 Å². The molecule has 1 fully saturated rings. The Hall–Kier alpha value is -2.99. The van der Waals surface area contributed by atoms with Crippen molar-refractivity contribution < 1.29 is 4.79 Å². The molecule has 0 aliphatic carbocycles. The highest BCUT2D eigenvalue weighted by Gasteiger charge is 2.38. The van der Waals surface area contributed by atoms with E-state index in [2.05, 4.69) is 39.4 Å². The number of nitrogens with one attached hydrogen (secondary N) is 1. The molecule has 0 radical (unpaired) electrons. The van der Waals surface area contributed by atoms with Gasteiger partial charge in [0.05, 0.1) is 12.2 Å². The summed E-state index contributed by atoms with van der Waals surface area (Å²) in [5, 5.41) is 6.84. The minimum atomic E-state index is -0.0518. The SMILES string of the molecule is Cc1nc(N2CCC(N3CCc4ccccc4C3)C2=O)ccc1-c1cn[nH]c1. The Morgan fingerprint density at radius 2 is 1.96 bits per heavy atom. The van der Waals surface area contributed by atoms with E-state index in [1.54, 1.807) is 6.20 Å². The van der Waals surface area contributed by atoms with Crippen LogP contribution in [0.15, 0.2) is 48.8 Å². The third kappa shape index (κ3) is 2.90. The molecule has 1 amide bonds. The van der Waals surface area contributed by atoms with Crippen LogP contribution in [0.5, 0.6) is 0 Å². The van der Waals surface area contributed by atoms with Gasteiger partial charge in [-0.3, -0.25) is 19.7 Å². The van der Waals surface area contributed by atoms with Gasteiger partial charge in [0.25, 0.3) is 0 Å². The van der Waals surface area contributed by atoms with E-state index in [1.165, 1.54) is 11.1 Å². The molecule has 28 heavy (non-hydrogen) atoms. The molecule has 6 nitrogen and oxygen atoms in total. The van der Waals surface area contributed by atoms with E-state index in [0.29, 0.717) is 0 Å². The van der Waals surface area contributed by atoms with Crippen LogP contribution in [0.3, 0.4) is 0 Å². The van der Waals surface area contributed by atoms with Crippen molar-refractivity contribution in [1.82, 2.24) is 20.1 Å². The van der Waals surface area contributed by atoms with E-state index in [1.807, 2.05) is 30.2 Å². The van der Waals surface area contributed by atoms with Gasteiger partial charge in [0, 0.05) is 42.7 Å². The van der Waals surface area contributed by atoms with Crippen LogP contribution in [0.2, 0.25) is 0 Å². The smallest absolute Gasteiger partial charge is 0.245 e. The Morgan fingerprint density at radius 1 is 1.11 bits per heavy atom. The average molecular weight is 373 g/mol. The summed E-state index contributed by atoms with van der Waals surface area (Å²) >= 11 is 0. The van der Waals surface area contributed by atoms with Gasteiger partial charge in [0.15, 0.2) is 0 Å². The molecule has 6 heteroatoms. The zero-order chi connectivity index (χ0) is 19.1. The molecule has 1 N–H and O–H groups in total. The molecule has 0 bridgehead atoms. The predicted octanol–water partition coefficient (Wildman–Crippen LogP) is 2.94. The van der Waals surface area contributed by atoms with Crippen LogP contribution in [0.4, 0.5) is 5.82 Å². The molecule has 2 aliphatic heterocycles. The number of aryl methyl sites for hydroxylation is 1. The maximum atomic E-state index is 13.2. The molecule has 1 unspecified atom stereocenters. The molecule has 142 valence electrons. The number of aromatic nitrogens is 3. The summed E-state index contributed by atoms with van der Waals surface area (Å²) in [5.41, 5.74) is 5.70. The molecule has 5 rings (SSSR count). The van der Waals surface area contributed by atoms with Crippen molar-refractivity contribution in [2.45, 2.75) is 32.4 Å². The van der Waals surface area contributed by atoms with Crippen LogP contribution >= 0.6 is 0 Å². The average Bonchev–Trinajstić information content (AvgIpc) is 3.37. The molecule has 2 aromatic heterocycles. The minimum Gasteiger partial charge on any atom is -0.295 e. The van der Waals surface area contributed by atoms with Crippen molar-refractivity contribution in [3.63, 3.8) is 0 Å². The van der Waals surface area contributed by atoms with Gasteiger partial charge in [-0.2, -0.15) is 5.10 Å². The number of aromatic amines is 1. The van der Waals surface area contributed by atoms with E-state index >= 15 is 0 Å². The van der Waals surface area contributed by atoms with Crippen molar-refractivity contribution in [2.75, 3.05) is 18.0 Å². The normalized spacial score (nSPS) is 19.8. The zero-order valence-electron chi connectivity index (χ0n) is 15.9. The molecular formula is C22H23N5O. The van der Waals surface area contributed by atoms with Crippen molar-refractivity contribution in [2.24, 2.45) is 0 Å². The van der Waals surface area contributed by atoms with Gasteiger partial charge in [0.2, 0.25) is 5.91 Å². The molecule has 0 spiro atoms. The first-order chi connectivity index (χ1) is 13.7. The largest absolute Gasteiger partial charge is 0.295 e. The van der Waals surface area contributed by atoms with Gasteiger partial charge >= 0.3 is 0 Å². The summed E-state index contributed by atoms with van der Waals surface area (Å²) in [4.78, 5) is 22.1. The number of benzene rings is 1. The number of amides is 1. The van der Waals surface area contributed by atoms with Crippen LogP contribution in [0.1, 0.15) is 23.2 Å². The van der Waals surface area contributed by atoms with Crippen LogP contribution in [-0.4, -0.2) is 45.1 Å². The van der Waals surface area contributed by atoms with Gasteiger partial charge in [-0.25, -0.2) is 4.98 Å². The van der Waals surface area contributed by atoms with Crippen LogP contribution < -0.4 is 4.90 Å². The van der Waals surface area contributed by atoms with E-state index in [0.717, 1.165) is 55.1 Å². The van der Waals surface area contributed by atoms with Gasteiger partial charge < -0.3 is 0 Å². The highest BCUT2D eigenvalue weighted by Crippen LogP contribution is 2.29. The lowest BCUT2D eigenvalue weighted by atomic mass is 9.98. The Balaban J connectivity index is 1.35. The van der Waals surface area contributed by atoms with Crippen molar-refractivity contribution in [3.8, 4) is 11.1 Å². The maximum absolute atomic E-state index is 13.2. The summed E-state index contributed by atoms with van der Waals surface area (Å²) < 4.78 is 0. The van der Waals surface area contributed by atoms with E-state index < -0.39 is 0 Å². The molecule has 3 aromatic rings. The summed E-state index contributed by atoms with van der Waals surface area (Å²) in [5.74, 6) is 0.914. The lowest BCUT2D eigenvalue weighted by Gasteiger charge is -2.32. The highest BCUT2D eigenvalue weighted by atomic mass is 16.2. The molecule has 4 heterocycles. The van der Waals surface area contributed by atoms with Gasteiger partial charge in [0.1, 0.15) is 5.82 Å². The number of anilines is 1. The second kappa shape index (κ2) is 6.87. The number of fused-ring (bicyclic) bond motifs is 1. The fourth-order valence-corrected chi connectivity index (χ4v) is 4.42. The minimum absolute atomic E-state index is 0.0518. The summed E-state index contributed by atoms with van der Waals surface area (Å²) in [6.45, 7) is 4.49. The molecule has 2 aliphatic rings. The van der Waals surface area contributed by atoms with Crippen LogP contribution in [0, 0.1) is 6.92 Å². The number of hydrogen-bond acceptors (Lipinski definition) is 4. The third-order valence-electron chi connectivity index (χ3n) is 5.94. The fraction of sp³-hybridized carbons (Fsp3) is 0.318. The van der Waals surface area contributed by atoms with E-state index in [4.69, 9.17) is 4.98 Å². The van der Waals surface area contributed by atoms with Crippen molar-refractivity contribution in [3.05, 3.63) is 65.6 Å². The topological polar surface area (TPSA) is 65.1 Å². The zero-order valence-corrected chi connectivity index (χ0v) is 15.9. The summed E-state index contributed by atoms with van der Waals surface area (Å²) in [6.07, 6.45) is 5.51. The highest BCUT2D eigenvalue weighted by molar-refractivity contribution is 5.98. The second-order valence-electron chi connectivity index (χ2n) is 7.57. The molecule has 0 saturated carbocycles. The summed E-state index contributed by atoms with van der Waals surface area (Å²) in [6, 6.07) is 12.5. The molecule has 1 aromatic carbocycles. The van der Waals surface area contributed by atoms with Gasteiger partial charge in [-0.15, -0.1) is 0 Å². The first-order valence-electron chi connectivity index (χ1n) is 9.80. The number of rotatable bonds is 3. The van der Waals surface area contributed by atoms with Gasteiger partial charge in [-0.05, 0) is 43.0 Å². The van der Waals surface area contributed by atoms with Crippen LogP contribution in [-0.2, 0) is 17.8 Å². The quantitative estimate of drug-likeness (QED) is 0.767. The maximum Gasteiger partial charge on any atom is 0.245 e. The Kier molecular flexibility index (Phi) is 4.20. The van der Waals surface area contributed by atoms with E-state index in [9.17, 15) is 4.79 Å². The summed E-state index contributed by atoms with van der Waals surface area (Å²) in [7, 11) is 0. The second-order valence-corrected chi connectivity index (χ2v) is 7.57. The number of H-pyrrole nitrogens is 1. The standard InChI is InChI=1S/C22H23N5O/c1-15-19(18-12-23-24-13-18)6-7-21(25-15)27-11-9-20(22(27)28)26-10-8-16-4-2-3-5-17(16)14-26/h2-7,12-13,20H,8-11,14H2,1H3,(H,23,24). The number of carbonyl (C=O) groups excluding carboxylic acids is 1.